The van der Waals surface area contributed by atoms with Crippen LogP contribution >= 0.6 is 11.6 Å². The summed E-state index contributed by atoms with van der Waals surface area (Å²) in [6.45, 7) is 2.79. The van der Waals surface area contributed by atoms with Crippen molar-refractivity contribution in [2.45, 2.75) is 25.7 Å². The van der Waals surface area contributed by atoms with Crippen LogP contribution in [0, 0.1) is 11.6 Å². The molecule has 4 rings (SSSR count). The average molecular weight is 413 g/mol. The van der Waals surface area contributed by atoms with Crippen molar-refractivity contribution in [1.82, 2.24) is 9.80 Å². The van der Waals surface area contributed by atoms with Crippen LogP contribution in [0.4, 0.5) is 8.78 Å². The Morgan fingerprint density at radius 2 is 1.45 bits per heavy atom. The molecule has 0 radical (unpaired) electrons. The average Bonchev–Trinajstić information content (AvgIpc) is 2.72. The van der Waals surface area contributed by atoms with E-state index in [1.807, 2.05) is 42.5 Å². The molecule has 1 saturated heterocycles. The van der Waals surface area contributed by atoms with E-state index in [9.17, 15) is 8.78 Å². The summed E-state index contributed by atoms with van der Waals surface area (Å²) in [5.74, 6) is -0.481. The Morgan fingerprint density at radius 1 is 0.793 bits per heavy atom. The first kappa shape index (κ1) is 20.0. The number of rotatable bonds is 5. The monoisotopic (exact) mass is 412 g/mol. The van der Waals surface area contributed by atoms with Crippen molar-refractivity contribution in [2.24, 2.45) is 0 Å². The van der Waals surface area contributed by atoms with Gasteiger partial charge in [-0.2, -0.15) is 0 Å². The van der Waals surface area contributed by atoms with E-state index in [2.05, 4.69) is 9.80 Å². The summed E-state index contributed by atoms with van der Waals surface area (Å²) in [6, 6.07) is 21.3. The first-order valence-corrected chi connectivity index (χ1v) is 10.2. The molecule has 2 nitrogen and oxygen atoms in total. The third kappa shape index (κ3) is 4.67. The van der Waals surface area contributed by atoms with Crippen LogP contribution in [0.25, 0.3) is 0 Å². The van der Waals surface area contributed by atoms with Gasteiger partial charge in [-0.15, -0.1) is 0 Å². The van der Waals surface area contributed by atoms with Gasteiger partial charge in [0.15, 0.2) is 0 Å². The first-order valence-electron chi connectivity index (χ1n) is 9.82. The number of halogens is 3. The summed E-state index contributed by atoms with van der Waals surface area (Å²) < 4.78 is 28.4. The standard InChI is InChI=1S/C24H23ClF2N2/c25-22-11-3-1-7-19(22)16-28-13-6-14-29(17-20-8-2-4-12-23(20)27)24(28)18-9-5-10-21(26)15-18/h1-5,7-12,15,24H,6,13-14,16-17H2/t24-/m1/s1. The van der Waals surface area contributed by atoms with Crippen LogP contribution in [0.3, 0.4) is 0 Å². The summed E-state index contributed by atoms with van der Waals surface area (Å²) in [6.07, 6.45) is 0.792. The highest BCUT2D eigenvalue weighted by atomic mass is 35.5. The predicted molar refractivity (Wildman–Crippen MR) is 112 cm³/mol. The second kappa shape index (κ2) is 9.04. The van der Waals surface area contributed by atoms with Gasteiger partial charge in [0.2, 0.25) is 0 Å². The van der Waals surface area contributed by atoms with Gasteiger partial charge in [0, 0.05) is 36.8 Å². The van der Waals surface area contributed by atoms with Gasteiger partial charge in [-0.25, -0.2) is 8.78 Å². The number of benzene rings is 3. The lowest BCUT2D eigenvalue weighted by Crippen LogP contribution is -2.47. The highest BCUT2D eigenvalue weighted by molar-refractivity contribution is 6.31. The molecule has 0 aliphatic carbocycles. The second-order valence-corrected chi connectivity index (χ2v) is 7.81. The van der Waals surface area contributed by atoms with Crippen molar-refractivity contribution in [3.05, 3.63) is 106 Å². The minimum atomic E-state index is -0.267. The predicted octanol–water partition coefficient (Wildman–Crippen LogP) is 6.02. The molecule has 0 aromatic heterocycles. The Labute approximate surface area is 175 Å². The van der Waals surface area contributed by atoms with E-state index in [0.29, 0.717) is 18.7 Å². The van der Waals surface area contributed by atoms with E-state index in [0.717, 1.165) is 35.7 Å². The van der Waals surface area contributed by atoms with Crippen molar-refractivity contribution in [3.8, 4) is 0 Å². The zero-order valence-corrected chi connectivity index (χ0v) is 16.8. The fourth-order valence-corrected chi connectivity index (χ4v) is 4.26. The van der Waals surface area contributed by atoms with E-state index in [1.54, 1.807) is 18.2 Å². The molecule has 3 aromatic carbocycles. The molecule has 0 spiro atoms. The Bertz CT molecular complexity index is 923. The highest BCUT2D eigenvalue weighted by Crippen LogP contribution is 2.33. The van der Waals surface area contributed by atoms with E-state index < -0.39 is 0 Å². The molecule has 0 amide bonds. The molecule has 0 unspecified atom stereocenters. The SMILES string of the molecule is Fc1cccc([C@H]2N(Cc3ccccc3F)CCCN2Cc2ccccc2Cl)c1. The smallest absolute Gasteiger partial charge is 0.127 e. The minimum absolute atomic E-state index is 0.157. The molecule has 3 aromatic rings. The highest BCUT2D eigenvalue weighted by Gasteiger charge is 2.31. The van der Waals surface area contributed by atoms with Gasteiger partial charge >= 0.3 is 0 Å². The van der Waals surface area contributed by atoms with Gasteiger partial charge in [-0.1, -0.05) is 60.1 Å². The van der Waals surface area contributed by atoms with Crippen LogP contribution in [0.1, 0.15) is 29.3 Å². The zero-order valence-electron chi connectivity index (χ0n) is 16.1. The topological polar surface area (TPSA) is 6.48 Å². The maximum atomic E-state index is 14.3. The van der Waals surface area contributed by atoms with Gasteiger partial charge in [0.1, 0.15) is 11.6 Å². The lowest BCUT2D eigenvalue weighted by Gasteiger charge is -2.44. The van der Waals surface area contributed by atoms with Crippen LogP contribution in [0.2, 0.25) is 5.02 Å². The third-order valence-electron chi connectivity index (χ3n) is 5.39. The fourth-order valence-electron chi connectivity index (χ4n) is 4.06. The molecular weight excluding hydrogens is 390 g/mol. The van der Waals surface area contributed by atoms with Crippen LogP contribution in [-0.4, -0.2) is 22.9 Å². The number of hydrogen-bond donors (Lipinski definition) is 0. The van der Waals surface area contributed by atoms with Crippen molar-refractivity contribution in [1.29, 1.82) is 0 Å². The molecule has 5 heteroatoms. The Kier molecular flexibility index (Phi) is 6.24. The quantitative estimate of drug-likeness (QED) is 0.505. The van der Waals surface area contributed by atoms with Crippen molar-refractivity contribution < 1.29 is 8.78 Å². The maximum Gasteiger partial charge on any atom is 0.127 e. The van der Waals surface area contributed by atoms with Gasteiger partial charge in [0.25, 0.3) is 0 Å². The van der Waals surface area contributed by atoms with Crippen LogP contribution in [0.5, 0.6) is 0 Å². The third-order valence-corrected chi connectivity index (χ3v) is 5.76. The fraction of sp³-hybridized carbons (Fsp3) is 0.250. The Morgan fingerprint density at radius 3 is 2.14 bits per heavy atom. The number of hydrogen-bond acceptors (Lipinski definition) is 2. The normalized spacial score (nSPS) is 18.1. The first-order chi connectivity index (χ1) is 14.1. The van der Waals surface area contributed by atoms with E-state index in [1.165, 1.54) is 12.1 Å². The number of nitrogens with zero attached hydrogens (tertiary/aromatic N) is 2. The van der Waals surface area contributed by atoms with Crippen molar-refractivity contribution >= 4 is 11.6 Å². The summed E-state index contributed by atoms with van der Waals surface area (Å²) in [7, 11) is 0. The van der Waals surface area contributed by atoms with Crippen molar-refractivity contribution in [3.63, 3.8) is 0 Å². The molecule has 0 bridgehead atoms. The molecule has 150 valence electrons. The maximum absolute atomic E-state index is 14.3. The van der Waals surface area contributed by atoms with Crippen LogP contribution in [0.15, 0.2) is 72.8 Å². The van der Waals surface area contributed by atoms with E-state index in [4.69, 9.17) is 11.6 Å². The van der Waals surface area contributed by atoms with Gasteiger partial charge in [-0.3, -0.25) is 9.80 Å². The molecule has 0 N–H and O–H groups in total. The Balaban J connectivity index is 1.68. The minimum Gasteiger partial charge on any atom is -0.280 e. The molecule has 0 saturated carbocycles. The summed E-state index contributed by atoms with van der Waals surface area (Å²) in [5.41, 5.74) is 2.55. The van der Waals surface area contributed by atoms with Crippen LogP contribution < -0.4 is 0 Å². The lowest BCUT2D eigenvalue weighted by molar-refractivity contribution is -0.00977. The van der Waals surface area contributed by atoms with Gasteiger partial charge < -0.3 is 0 Å². The zero-order chi connectivity index (χ0) is 20.2. The molecule has 1 aliphatic heterocycles. The van der Waals surface area contributed by atoms with E-state index >= 15 is 0 Å². The Hall–Kier alpha value is -2.27. The summed E-state index contributed by atoms with van der Waals surface area (Å²) in [4.78, 5) is 4.51. The second-order valence-electron chi connectivity index (χ2n) is 7.41. The lowest BCUT2D eigenvalue weighted by atomic mass is 10.0. The molecule has 1 fully saturated rings. The largest absolute Gasteiger partial charge is 0.280 e. The molecule has 1 aliphatic rings. The van der Waals surface area contributed by atoms with Gasteiger partial charge in [-0.05, 0) is 41.8 Å². The molecule has 1 atom stereocenters. The molecule has 29 heavy (non-hydrogen) atoms. The summed E-state index contributed by atoms with van der Waals surface area (Å²) in [5, 5.41) is 0.719. The molecular formula is C24H23ClF2N2. The van der Waals surface area contributed by atoms with Crippen LogP contribution in [-0.2, 0) is 13.1 Å². The van der Waals surface area contributed by atoms with Crippen molar-refractivity contribution in [2.75, 3.05) is 13.1 Å². The van der Waals surface area contributed by atoms with E-state index in [-0.39, 0.29) is 17.8 Å². The van der Waals surface area contributed by atoms with Gasteiger partial charge in [0.05, 0.1) is 6.17 Å². The molecule has 1 heterocycles. The summed E-state index contributed by atoms with van der Waals surface area (Å²) >= 11 is 6.40.